The minimum absolute atomic E-state index is 0.103. The van der Waals surface area contributed by atoms with E-state index in [0.29, 0.717) is 0 Å². The number of aryl methyl sites for hydroxylation is 1. The number of aliphatic hydroxyl groups is 1. The molecule has 2 aromatic rings. The molecular formula is C10H9BrOS. The molecule has 0 aliphatic heterocycles. The molecule has 0 aliphatic carbocycles. The molecule has 1 N–H and O–H groups in total. The Labute approximate surface area is 89.1 Å². The second kappa shape index (κ2) is 3.40. The quantitative estimate of drug-likeness (QED) is 0.829. The molecule has 13 heavy (non-hydrogen) atoms. The van der Waals surface area contributed by atoms with E-state index < -0.39 is 0 Å². The summed E-state index contributed by atoms with van der Waals surface area (Å²) >= 11 is 5.23. The van der Waals surface area contributed by atoms with Gasteiger partial charge in [0.2, 0.25) is 0 Å². The average Bonchev–Trinajstić information content (AvgIpc) is 2.48. The third-order valence-electron chi connectivity index (χ3n) is 2.05. The van der Waals surface area contributed by atoms with Crippen LogP contribution in [0.2, 0.25) is 0 Å². The first-order valence-electron chi connectivity index (χ1n) is 3.99. The number of fused-ring (bicyclic) bond motifs is 1. The van der Waals surface area contributed by atoms with E-state index in [9.17, 15) is 0 Å². The van der Waals surface area contributed by atoms with Gasteiger partial charge in [-0.2, -0.15) is 0 Å². The molecular weight excluding hydrogens is 248 g/mol. The van der Waals surface area contributed by atoms with Crippen molar-refractivity contribution >= 4 is 37.4 Å². The topological polar surface area (TPSA) is 20.2 Å². The second-order valence-corrected chi connectivity index (χ2v) is 4.79. The molecule has 0 saturated carbocycles. The molecule has 0 spiro atoms. The number of rotatable bonds is 1. The van der Waals surface area contributed by atoms with Gasteiger partial charge in [0.15, 0.2) is 0 Å². The van der Waals surface area contributed by atoms with Gasteiger partial charge < -0.3 is 5.11 Å². The molecule has 0 atom stereocenters. The number of aliphatic hydroxyl groups excluding tert-OH is 1. The van der Waals surface area contributed by atoms with Gasteiger partial charge in [0, 0.05) is 14.6 Å². The number of hydrogen-bond donors (Lipinski definition) is 1. The van der Waals surface area contributed by atoms with Crippen molar-refractivity contribution in [1.82, 2.24) is 0 Å². The predicted octanol–water partition coefficient (Wildman–Crippen LogP) is 3.46. The summed E-state index contributed by atoms with van der Waals surface area (Å²) in [6, 6.07) is 4.01. The lowest BCUT2D eigenvalue weighted by molar-refractivity contribution is 0.282. The van der Waals surface area contributed by atoms with E-state index in [-0.39, 0.29) is 6.61 Å². The summed E-state index contributed by atoms with van der Waals surface area (Å²) in [5.41, 5.74) is 2.25. The van der Waals surface area contributed by atoms with Gasteiger partial charge in [0.25, 0.3) is 0 Å². The van der Waals surface area contributed by atoms with Crippen LogP contribution in [-0.2, 0) is 6.61 Å². The van der Waals surface area contributed by atoms with Crippen LogP contribution in [0.3, 0.4) is 0 Å². The van der Waals surface area contributed by atoms with Crippen molar-refractivity contribution in [3.8, 4) is 0 Å². The lowest BCUT2D eigenvalue weighted by Crippen LogP contribution is -1.82. The molecule has 1 aromatic carbocycles. The maximum absolute atomic E-state index is 9.01. The Morgan fingerprint density at radius 3 is 2.92 bits per heavy atom. The molecule has 0 radical (unpaired) electrons. The molecule has 68 valence electrons. The van der Waals surface area contributed by atoms with Crippen LogP contribution < -0.4 is 0 Å². The Balaban J connectivity index is 2.79. The lowest BCUT2D eigenvalue weighted by atomic mass is 10.1. The first-order valence-corrected chi connectivity index (χ1v) is 5.66. The molecule has 0 unspecified atom stereocenters. The Morgan fingerprint density at radius 2 is 2.23 bits per heavy atom. The molecule has 0 aliphatic rings. The van der Waals surface area contributed by atoms with Crippen LogP contribution in [0.5, 0.6) is 0 Å². The Morgan fingerprint density at radius 1 is 1.46 bits per heavy atom. The largest absolute Gasteiger partial charge is 0.392 e. The third-order valence-corrected chi connectivity index (χ3v) is 3.73. The highest BCUT2D eigenvalue weighted by Gasteiger charge is 2.05. The molecule has 3 heteroatoms. The second-order valence-electron chi connectivity index (χ2n) is 3.03. The number of thiophene rings is 1. The van der Waals surface area contributed by atoms with Crippen molar-refractivity contribution in [2.24, 2.45) is 0 Å². The summed E-state index contributed by atoms with van der Waals surface area (Å²) < 4.78 is 2.31. The van der Waals surface area contributed by atoms with Crippen molar-refractivity contribution < 1.29 is 5.11 Å². The summed E-state index contributed by atoms with van der Waals surface area (Å²) in [5, 5.41) is 12.4. The maximum atomic E-state index is 9.01. The van der Waals surface area contributed by atoms with E-state index in [1.807, 2.05) is 12.1 Å². The highest BCUT2D eigenvalue weighted by atomic mass is 79.9. The molecule has 0 amide bonds. The van der Waals surface area contributed by atoms with Crippen molar-refractivity contribution in [3.63, 3.8) is 0 Å². The molecule has 0 fully saturated rings. The van der Waals surface area contributed by atoms with Crippen LogP contribution in [-0.4, -0.2) is 5.11 Å². The monoisotopic (exact) mass is 256 g/mol. The zero-order valence-corrected chi connectivity index (χ0v) is 9.58. The Bertz CT molecular complexity index is 447. The van der Waals surface area contributed by atoms with Crippen LogP contribution in [0, 0.1) is 6.92 Å². The van der Waals surface area contributed by atoms with Gasteiger partial charge in [-0.3, -0.25) is 0 Å². The molecule has 2 rings (SSSR count). The highest BCUT2D eigenvalue weighted by Crippen LogP contribution is 2.33. The summed E-state index contributed by atoms with van der Waals surface area (Å²) in [4.78, 5) is 0. The zero-order valence-electron chi connectivity index (χ0n) is 7.17. The zero-order chi connectivity index (χ0) is 9.42. The van der Waals surface area contributed by atoms with Crippen molar-refractivity contribution in [2.45, 2.75) is 13.5 Å². The van der Waals surface area contributed by atoms with Crippen molar-refractivity contribution in [1.29, 1.82) is 0 Å². The van der Waals surface area contributed by atoms with E-state index >= 15 is 0 Å². The maximum Gasteiger partial charge on any atom is 0.0682 e. The fourth-order valence-electron chi connectivity index (χ4n) is 1.41. The number of benzene rings is 1. The average molecular weight is 257 g/mol. The van der Waals surface area contributed by atoms with Crippen LogP contribution in [0.25, 0.3) is 10.1 Å². The van der Waals surface area contributed by atoms with E-state index in [2.05, 4.69) is 28.2 Å². The van der Waals surface area contributed by atoms with Crippen LogP contribution >= 0.6 is 27.3 Å². The minimum atomic E-state index is 0.103. The smallest absolute Gasteiger partial charge is 0.0682 e. The minimum Gasteiger partial charge on any atom is -0.392 e. The number of hydrogen-bond acceptors (Lipinski definition) is 2. The summed E-state index contributed by atoms with van der Waals surface area (Å²) in [6.07, 6.45) is 0. The van der Waals surface area contributed by atoms with Crippen LogP contribution in [0.15, 0.2) is 22.0 Å². The molecule has 0 bridgehead atoms. The normalized spacial score (nSPS) is 11.0. The summed E-state index contributed by atoms with van der Waals surface area (Å²) in [6.45, 7) is 2.20. The van der Waals surface area contributed by atoms with Crippen molar-refractivity contribution in [2.75, 3.05) is 0 Å². The molecule has 1 heterocycles. The predicted molar refractivity (Wildman–Crippen MR) is 60.2 cm³/mol. The molecule has 1 nitrogen and oxygen atoms in total. The van der Waals surface area contributed by atoms with E-state index in [0.717, 1.165) is 10.0 Å². The van der Waals surface area contributed by atoms with E-state index in [4.69, 9.17) is 5.11 Å². The lowest BCUT2D eigenvalue weighted by Gasteiger charge is -2.00. The summed E-state index contributed by atoms with van der Waals surface area (Å²) in [5.74, 6) is 0. The van der Waals surface area contributed by atoms with E-state index in [1.165, 1.54) is 15.6 Å². The summed E-state index contributed by atoms with van der Waals surface area (Å²) in [7, 11) is 0. The fourth-order valence-corrected chi connectivity index (χ4v) is 3.39. The van der Waals surface area contributed by atoms with Gasteiger partial charge in [-0.1, -0.05) is 15.9 Å². The van der Waals surface area contributed by atoms with Gasteiger partial charge in [0.1, 0.15) is 0 Å². The van der Waals surface area contributed by atoms with Crippen LogP contribution in [0.1, 0.15) is 11.1 Å². The standard InChI is InChI=1S/C10H9BrOS/c1-6-5-13-9-3-7(4-12)2-8(11)10(6)9/h2-3,5,12H,4H2,1H3. The first-order chi connectivity index (χ1) is 6.22. The van der Waals surface area contributed by atoms with Crippen LogP contribution in [0.4, 0.5) is 0 Å². The number of halogens is 1. The van der Waals surface area contributed by atoms with Gasteiger partial charge in [-0.05, 0) is 35.6 Å². The van der Waals surface area contributed by atoms with Crippen molar-refractivity contribution in [3.05, 3.63) is 33.1 Å². The van der Waals surface area contributed by atoms with Gasteiger partial charge in [0.05, 0.1) is 6.61 Å². The fraction of sp³-hybridized carbons (Fsp3) is 0.200. The van der Waals surface area contributed by atoms with Gasteiger partial charge in [-0.25, -0.2) is 0 Å². The van der Waals surface area contributed by atoms with E-state index in [1.54, 1.807) is 11.3 Å². The Hall–Kier alpha value is -0.380. The third kappa shape index (κ3) is 1.52. The highest BCUT2D eigenvalue weighted by molar-refractivity contribution is 9.10. The molecule has 0 saturated heterocycles. The molecule has 1 aromatic heterocycles. The van der Waals surface area contributed by atoms with Gasteiger partial charge >= 0.3 is 0 Å². The first kappa shape index (κ1) is 9.19. The Kier molecular flexibility index (Phi) is 2.41. The SMILES string of the molecule is Cc1csc2cc(CO)cc(Br)c12. The van der Waals surface area contributed by atoms with Gasteiger partial charge in [-0.15, -0.1) is 11.3 Å².